The number of carbonyl (C=O) groups is 2. The molecule has 0 radical (unpaired) electrons. The van der Waals surface area contributed by atoms with Crippen LogP contribution in [0.25, 0.3) is 11.3 Å². The Bertz CT molecular complexity index is 939. The van der Waals surface area contributed by atoms with Gasteiger partial charge >= 0.3 is 6.03 Å². The summed E-state index contributed by atoms with van der Waals surface area (Å²) in [7, 11) is 0. The van der Waals surface area contributed by atoms with E-state index >= 15 is 0 Å². The zero-order valence-corrected chi connectivity index (χ0v) is 16.0. The van der Waals surface area contributed by atoms with Crippen LogP contribution >= 0.6 is 22.9 Å². The fourth-order valence-corrected chi connectivity index (χ4v) is 3.12. The van der Waals surface area contributed by atoms with Crippen molar-refractivity contribution in [3.63, 3.8) is 0 Å². The van der Waals surface area contributed by atoms with Crippen LogP contribution in [0.4, 0.5) is 15.6 Å². The number of benzene rings is 2. The minimum Gasteiger partial charge on any atom is -0.352 e. The highest BCUT2D eigenvalue weighted by atomic mass is 35.5. The summed E-state index contributed by atoms with van der Waals surface area (Å²) in [5, 5.41) is 11.2. The molecule has 0 atom stereocenters. The Balaban J connectivity index is 1.59. The molecule has 1 aromatic heterocycles. The maximum absolute atomic E-state index is 12.1. The predicted molar refractivity (Wildman–Crippen MR) is 109 cm³/mol. The lowest BCUT2D eigenvalue weighted by atomic mass is 10.1. The van der Waals surface area contributed by atoms with Gasteiger partial charge < -0.3 is 10.6 Å². The van der Waals surface area contributed by atoms with E-state index in [9.17, 15) is 9.59 Å². The Morgan fingerprint density at radius 2 is 1.74 bits per heavy atom. The van der Waals surface area contributed by atoms with E-state index in [2.05, 4.69) is 20.9 Å². The molecule has 0 aliphatic heterocycles. The first kappa shape index (κ1) is 18.9. The van der Waals surface area contributed by atoms with E-state index in [1.165, 1.54) is 18.3 Å². The number of carbonyl (C=O) groups excluding carboxylic acids is 2. The van der Waals surface area contributed by atoms with Gasteiger partial charge in [0.05, 0.1) is 5.69 Å². The molecule has 0 aliphatic rings. The van der Waals surface area contributed by atoms with Crippen LogP contribution in [0, 0.1) is 0 Å². The molecular weight excluding hydrogens is 384 g/mol. The van der Waals surface area contributed by atoms with Crippen LogP contribution in [-0.2, 0) is 11.3 Å². The minimum atomic E-state index is -0.371. The summed E-state index contributed by atoms with van der Waals surface area (Å²) in [6, 6.07) is 14.2. The van der Waals surface area contributed by atoms with Crippen molar-refractivity contribution in [3.8, 4) is 11.3 Å². The van der Waals surface area contributed by atoms with Gasteiger partial charge in [-0.25, -0.2) is 9.78 Å². The van der Waals surface area contributed by atoms with Crippen LogP contribution in [0.5, 0.6) is 0 Å². The molecule has 1 heterocycles. The maximum Gasteiger partial charge on any atom is 0.325 e. The monoisotopic (exact) mass is 400 g/mol. The first-order chi connectivity index (χ1) is 13.0. The number of aromatic nitrogens is 1. The number of thiazole rings is 1. The molecule has 0 saturated carbocycles. The summed E-state index contributed by atoms with van der Waals surface area (Å²) in [4.78, 5) is 27.5. The van der Waals surface area contributed by atoms with Gasteiger partial charge in [-0.15, -0.1) is 11.3 Å². The molecule has 0 unspecified atom stereocenters. The molecule has 6 nitrogen and oxygen atoms in total. The molecular formula is C19H17ClN4O2S. The zero-order chi connectivity index (χ0) is 19.2. The highest BCUT2D eigenvalue weighted by Gasteiger charge is 2.08. The summed E-state index contributed by atoms with van der Waals surface area (Å²) < 4.78 is 0. The average Bonchev–Trinajstić information content (AvgIpc) is 3.10. The molecule has 0 aliphatic carbocycles. The van der Waals surface area contributed by atoms with Crippen LogP contribution in [-0.4, -0.2) is 16.9 Å². The molecule has 0 bridgehead atoms. The second-order valence-corrected chi connectivity index (χ2v) is 7.03. The fraction of sp³-hybridized carbons (Fsp3) is 0.105. The third-order valence-electron chi connectivity index (χ3n) is 3.62. The van der Waals surface area contributed by atoms with Crippen LogP contribution in [0.1, 0.15) is 12.5 Å². The molecule has 3 aromatic rings. The Labute approximate surface area is 165 Å². The maximum atomic E-state index is 12.1. The van der Waals surface area contributed by atoms with Crippen LogP contribution in [0.2, 0.25) is 5.02 Å². The van der Waals surface area contributed by atoms with Crippen molar-refractivity contribution in [2.45, 2.75) is 13.5 Å². The van der Waals surface area contributed by atoms with Crippen molar-refractivity contribution in [1.29, 1.82) is 0 Å². The number of nitrogens with one attached hydrogen (secondary N) is 3. The van der Waals surface area contributed by atoms with Gasteiger partial charge in [-0.2, -0.15) is 0 Å². The first-order valence-corrected chi connectivity index (χ1v) is 9.38. The molecule has 3 rings (SSSR count). The van der Waals surface area contributed by atoms with Crippen molar-refractivity contribution in [2.75, 3.05) is 10.6 Å². The number of nitrogens with zero attached hydrogens (tertiary/aromatic N) is 1. The quantitative estimate of drug-likeness (QED) is 0.578. The number of urea groups is 1. The fourth-order valence-electron chi connectivity index (χ4n) is 2.28. The van der Waals surface area contributed by atoms with Crippen molar-refractivity contribution in [2.24, 2.45) is 0 Å². The van der Waals surface area contributed by atoms with Crippen molar-refractivity contribution < 1.29 is 9.59 Å². The van der Waals surface area contributed by atoms with E-state index in [1.54, 1.807) is 24.3 Å². The lowest BCUT2D eigenvalue weighted by Crippen LogP contribution is -2.19. The van der Waals surface area contributed by atoms with E-state index in [1.807, 2.05) is 29.6 Å². The van der Waals surface area contributed by atoms with Crippen LogP contribution in [0.3, 0.4) is 0 Å². The third kappa shape index (κ3) is 5.54. The molecule has 3 amide bonds. The molecule has 138 valence electrons. The standard InChI is InChI=1S/C19H17ClN4O2S/c1-12(25)21-10-13-2-4-14(5-3-13)17-11-27-19(23-17)24-18(26)22-16-8-6-15(20)7-9-16/h2-9,11H,10H2,1H3,(H,21,25)(H2,22,23,24,26). The Morgan fingerprint density at radius 1 is 1.04 bits per heavy atom. The van der Waals surface area contributed by atoms with Gasteiger partial charge in [-0.05, 0) is 29.8 Å². The summed E-state index contributed by atoms with van der Waals surface area (Å²) in [5.74, 6) is -0.0637. The van der Waals surface area contributed by atoms with Gasteiger partial charge in [0, 0.05) is 35.1 Å². The number of hydrogen-bond acceptors (Lipinski definition) is 4. The number of anilines is 2. The molecule has 0 spiro atoms. The van der Waals surface area contributed by atoms with E-state index in [0.29, 0.717) is 22.4 Å². The number of halogens is 1. The summed E-state index contributed by atoms with van der Waals surface area (Å²) in [6.45, 7) is 1.98. The number of amides is 3. The summed E-state index contributed by atoms with van der Waals surface area (Å²) >= 11 is 7.17. The molecule has 3 N–H and O–H groups in total. The molecule has 27 heavy (non-hydrogen) atoms. The van der Waals surface area contributed by atoms with Crippen LogP contribution in [0.15, 0.2) is 53.9 Å². The summed E-state index contributed by atoms with van der Waals surface area (Å²) in [6.07, 6.45) is 0. The number of rotatable bonds is 5. The van der Waals surface area contributed by atoms with Gasteiger partial charge in [0.2, 0.25) is 5.91 Å². The smallest absolute Gasteiger partial charge is 0.325 e. The lowest BCUT2D eigenvalue weighted by molar-refractivity contribution is -0.119. The lowest BCUT2D eigenvalue weighted by Gasteiger charge is -2.05. The normalized spacial score (nSPS) is 10.3. The SMILES string of the molecule is CC(=O)NCc1ccc(-c2csc(NC(=O)Nc3ccc(Cl)cc3)n2)cc1. The zero-order valence-electron chi connectivity index (χ0n) is 14.5. The Kier molecular flexibility index (Phi) is 6.05. The third-order valence-corrected chi connectivity index (χ3v) is 4.63. The van der Waals surface area contributed by atoms with Gasteiger partial charge in [-0.3, -0.25) is 10.1 Å². The van der Waals surface area contributed by atoms with E-state index in [-0.39, 0.29) is 11.9 Å². The molecule has 8 heteroatoms. The summed E-state index contributed by atoms with van der Waals surface area (Å²) in [5.41, 5.74) is 3.35. The predicted octanol–water partition coefficient (Wildman–Crippen LogP) is 4.74. The Morgan fingerprint density at radius 3 is 2.41 bits per heavy atom. The van der Waals surface area contributed by atoms with Crippen LogP contribution < -0.4 is 16.0 Å². The van der Waals surface area contributed by atoms with Crippen molar-refractivity contribution in [3.05, 3.63) is 64.5 Å². The molecule has 0 saturated heterocycles. The highest BCUT2D eigenvalue weighted by molar-refractivity contribution is 7.14. The topological polar surface area (TPSA) is 83.1 Å². The van der Waals surface area contributed by atoms with Gasteiger partial charge in [0.15, 0.2) is 5.13 Å². The van der Waals surface area contributed by atoms with Crippen molar-refractivity contribution >= 4 is 45.7 Å². The minimum absolute atomic E-state index is 0.0637. The largest absolute Gasteiger partial charge is 0.352 e. The molecule has 0 fully saturated rings. The van der Waals surface area contributed by atoms with E-state index in [0.717, 1.165) is 16.8 Å². The van der Waals surface area contributed by atoms with Crippen molar-refractivity contribution in [1.82, 2.24) is 10.3 Å². The van der Waals surface area contributed by atoms with Gasteiger partial charge in [0.25, 0.3) is 0 Å². The van der Waals surface area contributed by atoms with Gasteiger partial charge in [0.1, 0.15) is 0 Å². The molecule has 2 aromatic carbocycles. The number of hydrogen-bond donors (Lipinski definition) is 3. The second-order valence-electron chi connectivity index (χ2n) is 5.73. The second kappa shape index (κ2) is 8.66. The van der Waals surface area contributed by atoms with E-state index in [4.69, 9.17) is 11.6 Å². The van der Waals surface area contributed by atoms with Gasteiger partial charge in [-0.1, -0.05) is 35.9 Å². The van der Waals surface area contributed by atoms with E-state index < -0.39 is 0 Å². The average molecular weight is 401 g/mol. The Hall–Kier alpha value is -2.90. The first-order valence-electron chi connectivity index (χ1n) is 8.12. The highest BCUT2D eigenvalue weighted by Crippen LogP contribution is 2.25.